The fourth-order valence-corrected chi connectivity index (χ4v) is 6.42. The highest BCUT2D eigenvalue weighted by Crippen LogP contribution is 2.31. The maximum absolute atomic E-state index is 12.2. The van der Waals surface area contributed by atoms with Gasteiger partial charge in [-0.05, 0) is 125 Å². The number of rotatable bonds is 11. The molecular formula is C44H64N4O3. The largest absolute Gasteiger partial charge is 0.495 e. The van der Waals surface area contributed by atoms with E-state index in [1.807, 2.05) is 39.8 Å². The molecule has 51 heavy (non-hydrogen) atoms. The molecule has 2 fully saturated rings. The third kappa shape index (κ3) is 12.4. The van der Waals surface area contributed by atoms with Crippen molar-refractivity contribution in [2.24, 2.45) is 16.8 Å². The van der Waals surface area contributed by atoms with E-state index in [4.69, 9.17) is 9.72 Å². The standard InChI is InChI=1S/C21H27N3O2.C19H29NO.C4H8/c1-6-8-17-20-16(9-10-23-21(20)25)11-18(24-17)15(4)12-22-13-19(26-5)14(3)7-2;1-13(2)19(21)16(5)20-10-8-17(9-11-20)18-7-6-14(3)12-15(18)4;1-4-2-3-4/h9-13H,6-8H2,1-5H3,(H,23,25);6-7,12-13,16-17H,8-11H2,1-5H3;4H,2-3H2,1H3/b15-12+,19-14?,22-13?;;. The third-order valence-corrected chi connectivity index (χ3v) is 10.1. The van der Waals surface area contributed by atoms with Crippen LogP contribution in [0, 0.1) is 25.7 Å². The number of aliphatic imine (C=N–C) groups is 1. The summed E-state index contributed by atoms with van der Waals surface area (Å²) in [6, 6.07) is 10.7. The number of methoxy groups -OCH3 is 1. The third-order valence-electron chi connectivity index (χ3n) is 10.1. The molecule has 1 aliphatic heterocycles. The first-order valence-electron chi connectivity index (χ1n) is 19.1. The van der Waals surface area contributed by atoms with Gasteiger partial charge < -0.3 is 9.72 Å². The summed E-state index contributed by atoms with van der Waals surface area (Å²) in [5, 5.41) is 1.58. The van der Waals surface area contributed by atoms with Gasteiger partial charge in [-0.2, -0.15) is 0 Å². The van der Waals surface area contributed by atoms with Crippen molar-refractivity contribution in [1.82, 2.24) is 14.9 Å². The number of hydrogen-bond donors (Lipinski definition) is 1. The van der Waals surface area contributed by atoms with Crippen LogP contribution in [-0.4, -0.2) is 53.1 Å². The van der Waals surface area contributed by atoms with Gasteiger partial charge in [0.15, 0.2) is 5.78 Å². The molecule has 3 heterocycles. The highest BCUT2D eigenvalue weighted by atomic mass is 16.5. The van der Waals surface area contributed by atoms with Crippen LogP contribution in [0.3, 0.4) is 0 Å². The second-order valence-electron chi connectivity index (χ2n) is 14.9. The fourth-order valence-electron chi connectivity index (χ4n) is 6.42. The number of pyridine rings is 2. The van der Waals surface area contributed by atoms with E-state index in [2.05, 4.69) is 74.6 Å². The number of piperidine rings is 1. The van der Waals surface area contributed by atoms with E-state index < -0.39 is 0 Å². The zero-order valence-electron chi connectivity index (χ0n) is 33.4. The lowest BCUT2D eigenvalue weighted by Gasteiger charge is -2.36. The highest BCUT2D eigenvalue weighted by molar-refractivity contribution is 5.86. The molecule has 0 bridgehead atoms. The molecule has 1 saturated heterocycles. The second-order valence-corrected chi connectivity index (χ2v) is 14.9. The predicted molar refractivity (Wildman–Crippen MR) is 216 cm³/mol. The maximum atomic E-state index is 12.2. The minimum Gasteiger partial charge on any atom is -0.495 e. The SMILES string of the molecule is CC1CC1.CCCc1nc(/C(C)=C/N=CC(OC)=C(C)CC)cc2cc[nH]c(=O)c12.Cc1ccc(C2CCN(C(C)C(=O)C(C)C)CC2)c(C)c1. The summed E-state index contributed by atoms with van der Waals surface area (Å²) in [5.41, 5.74) is 7.92. The summed E-state index contributed by atoms with van der Waals surface area (Å²) in [6.45, 7) is 23.0. The Morgan fingerprint density at radius 3 is 2.27 bits per heavy atom. The van der Waals surface area contributed by atoms with Crippen LogP contribution < -0.4 is 5.56 Å². The van der Waals surface area contributed by atoms with Crippen molar-refractivity contribution in [1.29, 1.82) is 0 Å². The Hall–Kier alpha value is -3.84. The van der Waals surface area contributed by atoms with Crippen LogP contribution in [0.4, 0.5) is 0 Å². The van der Waals surface area contributed by atoms with Crippen LogP contribution >= 0.6 is 0 Å². The fraction of sp³-hybridized carbons (Fsp3) is 0.545. The molecule has 2 aromatic heterocycles. The number of H-pyrrole nitrogens is 1. The number of carbonyl (C=O) groups is 1. The molecule has 2 aliphatic rings. The Labute approximate surface area is 307 Å². The number of aryl methyl sites for hydroxylation is 3. The second kappa shape index (κ2) is 20.3. The number of fused-ring (bicyclic) bond motifs is 1. The first-order chi connectivity index (χ1) is 24.3. The Kier molecular flexibility index (Phi) is 16.5. The van der Waals surface area contributed by atoms with Crippen molar-refractivity contribution in [3.05, 3.63) is 92.5 Å². The minimum absolute atomic E-state index is 0.0741. The molecule has 1 saturated carbocycles. The number of aromatic amines is 1. The summed E-state index contributed by atoms with van der Waals surface area (Å²) in [5.74, 6) is 3.03. The van der Waals surface area contributed by atoms with Crippen LogP contribution in [0.2, 0.25) is 0 Å². The summed E-state index contributed by atoms with van der Waals surface area (Å²) < 4.78 is 5.36. The van der Waals surface area contributed by atoms with Gasteiger partial charge in [0.1, 0.15) is 5.76 Å². The molecule has 1 N–H and O–H groups in total. The number of ether oxygens (including phenoxy) is 1. The van der Waals surface area contributed by atoms with Crippen molar-refractivity contribution < 1.29 is 9.53 Å². The molecule has 1 aromatic carbocycles. The average Bonchev–Trinajstić information content (AvgIpc) is 3.91. The molecule has 7 nitrogen and oxygen atoms in total. The lowest BCUT2D eigenvalue weighted by Crippen LogP contribution is -2.45. The van der Waals surface area contributed by atoms with Gasteiger partial charge in [0.2, 0.25) is 0 Å². The molecule has 0 spiro atoms. The molecule has 1 unspecified atom stereocenters. The van der Waals surface area contributed by atoms with Crippen molar-refractivity contribution in [3.63, 3.8) is 0 Å². The summed E-state index contributed by atoms with van der Waals surface area (Å²) in [7, 11) is 1.65. The molecule has 1 atom stereocenters. The van der Waals surface area contributed by atoms with E-state index in [0.29, 0.717) is 17.1 Å². The van der Waals surface area contributed by atoms with Gasteiger partial charge in [0, 0.05) is 18.3 Å². The van der Waals surface area contributed by atoms with Crippen molar-refractivity contribution in [2.45, 2.75) is 126 Å². The monoisotopic (exact) mass is 696 g/mol. The molecule has 1 aliphatic carbocycles. The lowest BCUT2D eigenvalue weighted by atomic mass is 9.85. The van der Waals surface area contributed by atoms with Crippen LogP contribution in [0.15, 0.2) is 63.8 Å². The van der Waals surface area contributed by atoms with E-state index in [-0.39, 0.29) is 17.5 Å². The number of nitrogens with zero attached hydrogens (tertiary/aromatic N) is 3. The molecule has 3 aromatic rings. The Morgan fingerprint density at radius 2 is 1.73 bits per heavy atom. The van der Waals surface area contributed by atoms with Gasteiger partial charge in [-0.15, -0.1) is 0 Å². The molecule has 278 valence electrons. The number of Topliss-reactive ketones (excluding diaryl/α,β-unsaturated/α-hetero) is 1. The minimum atomic E-state index is -0.0884. The summed E-state index contributed by atoms with van der Waals surface area (Å²) in [6.07, 6.45) is 13.1. The predicted octanol–water partition coefficient (Wildman–Crippen LogP) is 10.2. The van der Waals surface area contributed by atoms with E-state index in [1.165, 1.54) is 42.4 Å². The molecule has 7 heteroatoms. The number of ketones is 1. The Balaban J connectivity index is 0.000000252. The Morgan fingerprint density at radius 1 is 1.06 bits per heavy atom. The molecule has 0 amide bonds. The molecule has 0 radical (unpaired) electrons. The number of allylic oxidation sites excluding steroid dienone is 3. The number of nitrogens with one attached hydrogen (secondary N) is 1. The number of hydrogen-bond acceptors (Lipinski definition) is 6. The normalized spacial score (nSPS) is 16.7. The lowest BCUT2D eigenvalue weighted by molar-refractivity contribution is -0.127. The van der Waals surface area contributed by atoms with Crippen LogP contribution in [0.5, 0.6) is 0 Å². The van der Waals surface area contributed by atoms with Gasteiger partial charge in [-0.3, -0.25) is 24.5 Å². The van der Waals surface area contributed by atoms with E-state index >= 15 is 0 Å². The van der Waals surface area contributed by atoms with Crippen LogP contribution in [0.1, 0.15) is 128 Å². The van der Waals surface area contributed by atoms with E-state index in [9.17, 15) is 9.59 Å². The Bertz CT molecular complexity index is 1740. The van der Waals surface area contributed by atoms with E-state index in [0.717, 1.165) is 71.9 Å². The number of benzene rings is 1. The van der Waals surface area contributed by atoms with Gasteiger partial charge in [0.25, 0.3) is 5.56 Å². The van der Waals surface area contributed by atoms with Crippen LogP contribution in [0.25, 0.3) is 16.3 Å². The van der Waals surface area contributed by atoms with Crippen molar-refractivity contribution in [3.8, 4) is 0 Å². The first-order valence-corrected chi connectivity index (χ1v) is 19.1. The summed E-state index contributed by atoms with van der Waals surface area (Å²) >= 11 is 0. The zero-order valence-corrected chi connectivity index (χ0v) is 33.4. The zero-order chi connectivity index (χ0) is 37.7. The van der Waals surface area contributed by atoms with E-state index in [1.54, 1.807) is 25.7 Å². The van der Waals surface area contributed by atoms with Gasteiger partial charge in [-0.25, -0.2) is 0 Å². The smallest absolute Gasteiger partial charge is 0.257 e. The maximum Gasteiger partial charge on any atom is 0.257 e. The topological polar surface area (TPSA) is 87.7 Å². The van der Waals surface area contributed by atoms with Gasteiger partial charge in [-0.1, -0.05) is 77.6 Å². The quantitative estimate of drug-likeness (QED) is 0.159. The summed E-state index contributed by atoms with van der Waals surface area (Å²) in [4.78, 5) is 38.5. The van der Waals surface area contributed by atoms with Crippen molar-refractivity contribution in [2.75, 3.05) is 20.2 Å². The van der Waals surface area contributed by atoms with Crippen LogP contribution in [-0.2, 0) is 16.0 Å². The van der Waals surface area contributed by atoms with Gasteiger partial charge >= 0.3 is 0 Å². The molecule has 5 rings (SSSR count). The highest BCUT2D eigenvalue weighted by Gasteiger charge is 2.28. The number of aromatic nitrogens is 2. The number of likely N-dealkylation sites (tertiary alicyclic amines) is 1. The molecular weight excluding hydrogens is 633 g/mol. The average molecular weight is 697 g/mol. The first kappa shape index (κ1) is 41.6. The van der Waals surface area contributed by atoms with Crippen molar-refractivity contribution >= 4 is 28.3 Å². The number of carbonyl (C=O) groups excluding carboxylic acids is 1. The van der Waals surface area contributed by atoms with Gasteiger partial charge in [0.05, 0.1) is 36.1 Å².